The predicted molar refractivity (Wildman–Crippen MR) is 85.7 cm³/mol. The summed E-state index contributed by atoms with van der Waals surface area (Å²) in [4.78, 5) is 19.9. The van der Waals surface area contributed by atoms with E-state index >= 15 is 0 Å². The van der Waals surface area contributed by atoms with Crippen molar-refractivity contribution in [3.05, 3.63) is 41.5 Å². The summed E-state index contributed by atoms with van der Waals surface area (Å²) >= 11 is 1.30. The first kappa shape index (κ1) is 16.3. The second kappa shape index (κ2) is 7.79. The third kappa shape index (κ3) is 4.21. The molecule has 0 amide bonds. The van der Waals surface area contributed by atoms with Gasteiger partial charge in [-0.1, -0.05) is 36.0 Å². The Bertz CT molecular complexity index is 627. The highest BCUT2D eigenvalue weighted by molar-refractivity contribution is 8.00. The second-order valence-corrected chi connectivity index (χ2v) is 5.86. The Balaban J connectivity index is 2.16. The molecule has 0 aliphatic heterocycles. The minimum Gasteiger partial charge on any atom is -0.481 e. The van der Waals surface area contributed by atoms with Gasteiger partial charge >= 0.3 is 0 Å². The van der Waals surface area contributed by atoms with E-state index < -0.39 is 0 Å². The topological polar surface area (TPSA) is 61.3 Å². The van der Waals surface area contributed by atoms with Crippen molar-refractivity contribution in [2.24, 2.45) is 0 Å². The Morgan fingerprint density at radius 3 is 2.36 bits per heavy atom. The molecule has 5 nitrogen and oxygen atoms in total. The van der Waals surface area contributed by atoms with Gasteiger partial charge in [-0.2, -0.15) is 9.97 Å². The van der Waals surface area contributed by atoms with Crippen molar-refractivity contribution in [3.8, 4) is 11.8 Å². The second-order valence-electron chi connectivity index (χ2n) is 4.66. The monoisotopic (exact) mass is 318 g/mol. The highest BCUT2D eigenvalue weighted by Crippen LogP contribution is 2.26. The van der Waals surface area contributed by atoms with Crippen LogP contribution in [0.5, 0.6) is 11.8 Å². The highest BCUT2D eigenvalue weighted by atomic mass is 32.2. The van der Waals surface area contributed by atoms with Crippen LogP contribution < -0.4 is 9.47 Å². The highest BCUT2D eigenvalue weighted by Gasteiger charge is 2.15. The van der Waals surface area contributed by atoms with Crippen molar-refractivity contribution in [2.45, 2.75) is 23.8 Å². The van der Waals surface area contributed by atoms with Gasteiger partial charge in [-0.15, -0.1) is 0 Å². The maximum atomic E-state index is 11.4. The quantitative estimate of drug-likeness (QED) is 0.444. The molecule has 0 aliphatic carbocycles. The van der Waals surface area contributed by atoms with Gasteiger partial charge in [0.1, 0.15) is 6.29 Å². The molecule has 116 valence electrons. The summed E-state index contributed by atoms with van der Waals surface area (Å²) in [5.41, 5.74) is 2.31. The zero-order chi connectivity index (χ0) is 15.9. The number of nitrogens with zero attached hydrogens (tertiary/aromatic N) is 2. The molecule has 22 heavy (non-hydrogen) atoms. The van der Waals surface area contributed by atoms with Crippen molar-refractivity contribution >= 4 is 18.0 Å². The van der Waals surface area contributed by atoms with Crippen LogP contribution in [0.1, 0.15) is 11.1 Å². The van der Waals surface area contributed by atoms with Gasteiger partial charge < -0.3 is 14.3 Å². The van der Waals surface area contributed by atoms with Crippen LogP contribution in [-0.2, 0) is 11.2 Å². The van der Waals surface area contributed by atoms with Crippen LogP contribution in [0.25, 0.3) is 0 Å². The number of benzene rings is 1. The van der Waals surface area contributed by atoms with E-state index in [0.717, 1.165) is 11.8 Å². The first-order valence-corrected chi connectivity index (χ1v) is 7.67. The number of carbonyl (C=O) groups excluding carboxylic acids is 1. The largest absolute Gasteiger partial charge is 0.481 e. The van der Waals surface area contributed by atoms with Gasteiger partial charge in [0.15, 0.2) is 5.16 Å². The van der Waals surface area contributed by atoms with Gasteiger partial charge in [-0.3, -0.25) is 0 Å². The lowest BCUT2D eigenvalue weighted by Crippen LogP contribution is -2.10. The molecule has 6 heteroatoms. The summed E-state index contributed by atoms with van der Waals surface area (Å²) < 4.78 is 10.2. The molecule has 0 N–H and O–H groups in total. The van der Waals surface area contributed by atoms with Gasteiger partial charge in [0.25, 0.3) is 0 Å². The molecular formula is C16H18N2O3S. The molecule has 0 saturated carbocycles. The van der Waals surface area contributed by atoms with Crippen molar-refractivity contribution in [1.29, 1.82) is 0 Å². The molecule has 0 radical (unpaired) electrons. The standard InChI is InChI=1S/C16H18N2O3S/c1-11-6-4-5-7-12(11)8-13(10-19)22-16-17-14(20-2)9-15(18-16)21-3/h4-7,9-10,13H,8H2,1-3H3. The van der Waals surface area contributed by atoms with Crippen molar-refractivity contribution in [2.75, 3.05) is 14.2 Å². The third-order valence-electron chi connectivity index (χ3n) is 3.17. The molecule has 1 heterocycles. The lowest BCUT2D eigenvalue weighted by Gasteiger charge is -2.12. The number of methoxy groups -OCH3 is 2. The molecule has 0 spiro atoms. The van der Waals surface area contributed by atoms with Crippen LogP contribution in [-0.4, -0.2) is 35.7 Å². The number of carbonyl (C=O) groups is 1. The maximum absolute atomic E-state index is 11.4. The number of aromatic nitrogens is 2. The van der Waals surface area contributed by atoms with Crippen LogP contribution in [0.4, 0.5) is 0 Å². The lowest BCUT2D eigenvalue weighted by atomic mass is 10.0. The summed E-state index contributed by atoms with van der Waals surface area (Å²) in [6, 6.07) is 9.62. The Kier molecular flexibility index (Phi) is 5.77. The van der Waals surface area contributed by atoms with Crippen LogP contribution in [0.2, 0.25) is 0 Å². The first-order valence-electron chi connectivity index (χ1n) is 6.79. The molecule has 0 aliphatic rings. The molecule has 1 unspecified atom stereocenters. The molecule has 1 aromatic carbocycles. The van der Waals surface area contributed by atoms with Crippen LogP contribution in [0, 0.1) is 6.92 Å². The molecule has 0 bridgehead atoms. The van der Waals surface area contributed by atoms with Crippen LogP contribution in [0.15, 0.2) is 35.5 Å². The average molecular weight is 318 g/mol. The normalized spacial score (nSPS) is 11.8. The van der Waals surface area contributed by atoms with Gasteiger partial charge in [-0.25, -0.2) is 0 Å². The Labute approximate surface area is 134 Å². The zero-order valence-electron chi connectivity index (χ0n) is 12.8. The molecule has 2 rings (SSSR count). The van der Waals surface area contributed by atoms with Gasteiger partial charge in [0.2, 0.25) is 11.8 Å². The number of thioether (sulfide) groups is 1. The summed E-state index contributed by atoms with van der Waals surface area (Å²) in [5, 5.41) is 0.194. The van der Waals surface area contributed by atoms with E-state index in [4.69, 9.17) is 9.47 Å². The van der Waals surface area contributed by atoms with Crippen molar-refractivity contribution in [3.63, 3.8) is 0 Å². The molecule has 1 aromatic heterocycles. The van der Waals surface area contributed by atoms with E-state index in [-0.39, 0.29) is 5.25 Å². The van der Waals surface area contributed by atoms with E-state index in [1.165, 1.54) is 31.5 Å². The fraction of sp³-hybridized carbons (Fsp3) is 0.312. The number of hydrogen-bond acceptors (Lipinski definition) is 6. The van der Waals surface area contributed by atoms with E-state index in [1.54, 1.807) is 6.07 Å². The fourth-order valence-electron chi connectivity index (χ4n) is 1.95. The maximum Gasteiger partial charge on any atom is 0.220 e. The zero-order valence-corrected chi connectivity index (χ0v) is 13.6. The van der Waals surface area contributed by atoms with Gasteiger partial charge in [-0.05, 0) is 24.5 Å². The smallest absolute Gasteiger partial charge is 0.220 e. The Morgan fingerprint density at radius 2 is 1.82 bits per heavy atom. The number of hydrogen-bond donors (Lipinski definition) is 0. The predicted octanol–water partition coefficient (Wildman–Crippen LogP) is 2.70. The van der Waals surface area contributed by atoms with Crippen LogP contribution >= 0.6 is 11.8 Å². The molecule has 2 aromatic rings. The van der Waals surface area contributed by atoms with Crippen molar-refractivity contribution in [1.82, 2.24) is 9.97 Å². The molecule has 0 fully saturated rings. The van der Waals surface area contributed by atoms with Crippen molar-refractivity contribution < 1.29 is 14.3 Å². The van der Waals surface area contributed by atoms with E-state index in [0.29, 0.717) is 23.3 Å². The fourth-order valence-corrected chi connectivity index (χ4v) is 2.83. The summed E-state index contributed by atoms with van der Waals surface area (Å²) in [6.07, 6.45) is 1.55. The third-order valence-corrected chi connectivity index (χ3v) is 4.14. The number of rotatable bonds is 7. The number of ether oxygens (including phenoxy) is 2. The summed E-state index contributed by atoms with van der Waals surface area (Å²) in [6.45, 7) is 2.03. The molecule has 0 saturated heterocycles. The minimum atomic E-state index is -0.266. The van der Waals surface area contributed by atoms with E-state index in [1.807, 2.05) is 31.2 Å². The molecule has 1 atom stereocenters. The van der Waals surface area contributed by atoms with Crippen LogP contribution in [0.3, 0.4) is 0 Å². The van der Waals surface area contributed by atoms with E-state index in [2.05, 4.69) is 9.97 Å². The lowest BCUT2D eigenvalue weighted by molar-refractivity contribution is -0.107. The average Bonchev–Trinajstić information content (AvgIpc) is 2.55. The number of aldehydes is 1. The minimum absolute atomic E-state index is 0.266. The summed E-state index contributed by atoms with van der Waals surface area (Å²) in [7, 11) is 3.06. The number of aryl methyl sites for hydroxylation is 1. The summed E-state index contributed by atoms with van der Waals surface area (Å²) in [5.74, 6) is 0.824. The van der Waals surface area contributed by atoms with E-state index in [9.17, 15) is 4.79 Å². The first-order chi connectivity index (χ1) is 10.7. The van der Waals surface area contributed by atoms with Gasteiger partial charge in [0, 0.05) is 0 Å². The van der Waals surface area contributed by atoms with Gasteiger partial charge in [0.05, 0.1) is 25.5 Å². The Morgan fingerprint density at radius 1 is 1.18 bits per heavy atom. The Hall–Kier alpha value is -2.08. The molecular weight excluding hydrogens is 300 g/mol. The SMILES string of the molecule is COc1cc(OC)nc(SC(C=O)Cc2ccccc2C)n1.